The van der Waals surface area contributed by atoms with Gasteiger partial charge in [0.2, 0.25) is 0 Å². The topological polar surface area (TPSA) is 35.5 Å². The standard InChI is InChI=1S/C12H24O3Si/c1-5-9-16(11(3)14-4)10-7-8-15-12(13)6-2/h6,11,16H,2,5,7-10H2,1,3-4H3. The first-order valence-electron chi connectivity index (χ1n) is 5.97. The summed E-state index contributed by atoms with van der Waals surface area (Å²) in [5.74, 6) is -0.325. The van der Waals surface area contributed by atoms with Gasteiger partial charge in [-0.2, -0.15) is 0 Å². The molecule has 0 amide bonds. The number of carbonyl (C=O) groups is 1. The SMILES string of the molecule is C=CC(=O)OCCC[SiH](CCC)C(C)OC. The van der Waals surface area contributed by atoms with Crippen LogP contribution in [0, 0.1) is 0 Å². The van der Waals surface area contributed by atoms with Crippen molar-refractivity contribution >= 4 is 14.8 Å². The Bertz CT molecular complexity index is 206. The van der Waals surface area contributed by atoms with Gasteiger partial charge in [-0.1, -0.05) is 32.0 Å². The molecule has 0 fully saturated rings. The quantitative estimate of drug-likeness (QED) is 0.270. The van der Waals surface area contributed by atoms with Crippen molar-refractivity contribution in [2.24, 2.45) is 0 Å². The summed E-state index contributed by atoms with van der Waals surface area (Å²) in [6.45, 7) is 8.23. The molecule has 0 rings (SSSR count). The third-order valence-electron chi connectivity index (χ3n) is 2.83. The fourth-order valence-corrected chi connectivity index (χ4v) is 4.80. The average molecular weight is 244 g/mol. The van der Waals surface area contributed by atoms with E-state index in [9.17, 15) is 4.79 Å². The summed E-state index contributed by atoms with van der Waals surface area (Å²) >= 11 is 0. The molecule has 0 heterocycles. The summed E-state index contributed by atoms with van der Waals surface area (Å²) < 4.78 is 10.4. The number of ether oxygens (including phenoxy) is 2. The third-order valence-corrected chi connectivity index (χ3v) is 6.89. The van der Waals surface area contributed by atoms with Gasteiger partial charge in [-0.15, -0.1) is 0 Å². The summed E-state index contributed by atoms with van der Waals surface area (Å²) in [6.07, 6.45) is 3.37. The number of methoxy groups -OCH3 is 1. The van der Waals surface area contributed by atoms with E-state index in [1.54, 1.807) is 7.11 Å². The van der Waals surface area contributed by atoms with Gasteiger partial charge in [-0.25, -0.2) is 4.79 Å². The second-order valence-electron chi connectivity index (χ2n) is 4.00. The minimum Gasteiger partial charge on any atom is -0.463 e. The molecule has 0 aromatic rings. The molecule has 0 bridgehead atoms. The van der Waals surface area contributed by atoms with Crippen molar-refractivity contribution in [1.82, 2.24) is 0 Å². The third kappa shape index (κ3) is 6.79. The monoisotopic (exact) mass is 244 g/mol. The average Bonchev–Trinajstić information content (AvgIpc) is 2.31. The van der Waals surface area contributed by atoms with Gasteiger partial charge in [-0.05, 0) is 13.3 Å². The summed E-state index contributed by atoms with van der Waals surface area (Å²) in [5, 5.41) is 0. The zero-order valence-corrected chi connectivity index (χ0v) is 11.9. The van der Waals surface area contributed by atoms with Gasteiger partial charge in [0.15, 0.2) is 0 Å². The second kappa shape index (κ2) is 9.60. The van der Waals surface area contributed by atoms with Crippen LogP contribution < -0.4 is 0 Å². The molecular formula is C12H24O3Si. The van der Waals surface area contributed by atoms with Gasteiger partial charge in [0, 0.05) is 18.9 Å². The highest BCUT2D eigenvalue weighted by Gasteiger charge is 2.17. The van der Waals surface area contributed by atoms with E-state index in [1.165, 1.54) is 24.6 Å². The van der Waals surface area contributed by atoms with Crippen molar-refractivity contribution in [2.75, 3.05) is 13.7 Å². The van der Waals surface area contributed by atoms with Gasteiger partial charge in [-0.3, -0.25) is 0 Å². The molecule has 2 atom stereocenters. The first kappa shape index (κ1) is 15.4. The number of carbonyl (C=O) groups excluding carboxylic acids is 1. The fourth-order valence-electron chi connectivity index (χ4n) is 1.75. The van der Waals surface area contributed by atoms with Crippen molar-refractivity contribution in [1.29, 1.82) is 0 Å². The summed E-state index contributed by atoms with van der Waals surface area (Å²) in [4.78, 5) is 10.8. The van der Waals surface area contributed by atoms with Crippen LogP contribution >= 0.6 is 0 Å². The van der Waals surface area contributed by atoms with Crippen molar-refractivity contribution in [3.63, 3.8) is 0 Å². The van der Waals surface area contributed by atoms with Crippen LogP contribution in [0.25, 0.3) is 0 Å². The van der Waals surface area contributed by atoms with Crippen molar-refractivity contribution in [2.45, 2.75) is 44.5 Å². The van der Waals surface area contributed by atoms with Crippen molar-refractivity contribution < 1.29 is 14.3 Å². The first-order chi connectivity index (χ1) is 7.65. The normalized spacial score (nSPS) is 14.2. The molecule has 16 heavy (non-hydrogen) atoms. The van der Waals surface area contributed by atoms with Crippen LogP contribution in [-0.4, -0.2) is 34.2 Å². The zero-order valence-electron chi connectivity index (χ0n) is 10.7. The van der Waals surface area contributed by atoms with E-state index in [0.717, 1.165) is 6.42 Å². The Balaban J connectivity index is 3.75. The van der Waals surface area contributed by atoms with Crippen molar-refractivity contribution in [3.05, 3.63) is 12.7 Å². The lowest BCUT2D eigenvalue weighted by Gasteiger charge is -2.20. The molecule has 0 N–H and O–H groups in total. The van der Waals surface area contributed by atoms with Gasteiger partial charge in [0.25, 0.3) is 0 Å². The molecule has 0 spiro atoms. The van der Waals surface area contributed by atoms with Crippen molar-refractivity contribution in [3.8, 4) is 0 Å². The molecule has 0 aliphatic rings. The van der Waals surface area contributed by atoms with Crippen LogP contribution in [0.2, 0.25) is 12.1 Å². The molecule has 4 heteroatoms. The highest BCUT2D eigenvalue weighted by molar-refractivity contribution is 6.60. The lowest BCUT2D eigenvalue weighted by Crippen LogP contribution is -2.29. The molecule has 0 aliphatic heterocycles. The molecule has 2 unspecified atom stereocenters. The van der Waals surface area contributed by atoms with E-state index in [1.807, 2.05) is 0 Å². The Morgan fingerprint density at radius 3 is 2.69 bits per heavy atom. The maximum atomic E-state index is 10.8. The molecule has 0 saturated carbocycles. The van der Waals surface area contributed by atoms with Crippen LogP contribution in [0.15, 0.2) is 12.7 Å². The number of rotatable bonds is 9. The minimum atomic E-state index is -0.839. The van der Waals surface area contributed by atoms with Gasteiger partial charge >= 0.3 is 5.97 Å². The van der Waals surface area contributed by atoms with E-state index in [4.69, 9.17) is 9.47 Å². The Hall–Kier alpha value is -0.613. The summed E-state index contributed by atoms with van der Waals surface area (Å²) in [6, 6.07) is 2.47. The number of hydrogen-bond acceptors (Lipinski definition) is 3. The highest BCUT2D eigenvalue weighted by Crippen LogP contribution is 2.12. The maximum Gasteiger partial charge on any atom is 0.330 e. The van der Waals surface area contributed by atoms with E-state index < -0.39 is 8.80 Å². The van der Waals surface area contributed by atoms with E-state index in [-0.39, 0.29) is 5.97 Å². The number of hydrogen-bond donors (Lipinski definition) is 0. The lowest BCUT2D eigenvalue weighted by molar-refractivity contribution is -0.137. The molecule has 0 saturated heterocycles. The molecule has 3 nitrogen and oxygen atoms in total. The van der Waals surface area contributed by atoms with E-state index in [2.05, 4.69) is 20.4 Å². The van der Waals surface area contributed by atoms with Crippen LogP contribution in [0.1, 0.15) is 26.7 Å². The van der Waals surface area contributed by atoms with Crippen LogP contribution in [0.4, 0.5) is 0 Å². The lowest BCUT2D eigenvalue weighted by atomic mass is 10.5. The molecule has 0 radical (unpaired) electrons. The van der Waals surface area contributed by atoms with Gasteiger partial charge in [0.05, 0.1) is 15.4 Å². The summed E-state index contributed by atoms with van der Waals surface area (Å²) in [5.41, 5.74) is 0.412. The van der Waals surface area contributed by atoms with Crippen LogP contribution in [0.5, 0.6) is 0 Å². The number of esters is 1. The first-order valence-corrected chi connectivity index (χ1v) is 8.27. The Kier molecular flexibility index (Phi) is 9.23. The predicted octanol–water partition coefficient (Wildman–Crippen LogP) is 2.32. The minimum absolute atomic E-state index is 0.325. The van der Waals surface area contributed by atoms with Gasteiger partial charge < -0.3 is 9.47 Å². The molecular weight excluding hydrogens is 220 g/mol. The smallest absolute Gasteiger partial charge is 0.330 e. The molecule has 0 aliphatic carbocycles. The molecule has 0 aromatic heterocycles. The van der Waals surface area contributed by atoms with Gasteiger partial charge in [0.1, 0.15) is 0 Å². The largest absolute Gasteiger partial charge is 0.463 e. The van der Waals surface area contributed by atoms with Crippen LogP contribution in [-0.2, 0) is 14.3 Å². The molecule has 0 aromatic carbocycles. The van der Waals surface area contributed by atoms with Crippen LogP contribution in [0.3, 0.4) is 0 Å². The van der Waals surface area contributed by atoms with E-state index >= 15 is 0 Å². The molecule has 94 valence electrons. The Labute approximate surface area is 100 Å². The summed E-state index contributed by atoms with van der Waals surface area (Å²) in [7, 11) is 0.937. The fraction of sp³-hybridized carbons (Fsp3) is 0.750. The second-order valence-corrected chi connectivity index (χ2v) is 7.62. The highest BCUT2D eigenvalue weighted by atomic mass is 28.3. The van der Waals surface area contributed by atoms with E-state index in [0.29, 0.717) is 12.3 Å². The Morgan fingerprint density at radius 1 is 1.50 bits per heavy atom. The maximum absolute atomic E-state index is 10.8. The Morgan fingerprint density at radius 2 is 2.19 bits per heavy atom. The zero-order chi connectivity index (χ0) is 12.4. The predicted molar refractivity (Wildman–Crippen MR) is 69.3 cm³/mol.